The maximum atomic E-state index is 10.7. The molecule has 4 heteroatoms. The Morgan fingerprint density at radius 2 is 1.95 bits per heavy atom. The fraction of sp³-hybridized carbons (Fsp3) is 0.235. The van der Waals surface area contributed by atoms with E-state index in [0.717, 1.165) is 22.4 Å². The summed E-state index contributed by atoms with van der Waals surface area (Å²) in [7, 11) is 1.63. The van der Waals surface area contributed by atoms with E-state index in [4.69, 9.17) is 21.4 Å². The van der Waals surface area contributed by atoms with Crippen LogP contribution >= 0.6 is 11.6 Å². The molecule has 1 unspecified atom stereocenters. The molecule has 1 N–H and O–H groups in total. The van der Waals surface area contributed by atoms with Crippen molar-refractivity contribution in [2.45, 2.75) is 18.2 Å². The van der Waals surface area contributed by atoms with Gasteiger partial charge < -0.3 is 9.84 Å². The van der Waals surface area contributed by atoms with E-state index in [-0.39, 0.29) is 0 Å². The molecule has 1 atom stereocenters. The van der Waals surface area contributed by atoms with Gasteiger partial charge in [-0.15, -0.1) is 11.6 Å². The number of methoxy groups -OCH3 is 1. The number of carboxylic acids is 1. The molecule has 0 bridgehead atoms. The second-order valence-electron chi connectivity index (χ2n) is 4.75. The van der Waals surface area contributed by atoms with Gasteiger partial charge in [0.25, 0.3) is 0 Å². The predicted octanol–water partition coefficient (Wildman–Crippen LogP) is 3.99. The molecule has 3 nitrogen and oxygen atoms in total. The second kappa shape index (κ2) is 7.14. The average Bonchev–Trinajstić information content (AvgIpc) is 2.53. The molecule has 0 heterocycles. The number of ether oxygens (including phenoxy) is 1. The lowest BCUT2D eigenvalue weighted by Crippen LogP contribution is -2.13. The average molecular weight is 305 g/mol. The Morgan fingerprint density at radius 3 is 2.57 bits per heavy atom. The summed E-state index contributed by atoms with van der Waals surface area (Å²) >= 11 is 5.74. The fourth-order valence-corrected chi connectivity index (χ4v) is 2.27. The lowest BCUT2D eigenvalue weighted by molar-refractivity contribution is -0.136. The Morgan fingerprint density at radius 1 is 1.24 bits per heavy atom. The summed E-state index contributed by atoms with van der Waals surface area (Å²) in [5.41, 5.74) is 3.11. The Bertz CT molecular complexity index is 611. The second-order valence-corrected chi connectivity index (χ2v) is 5.27. The third-order valence-electron chi connectivity index (χ3n) is 3.31. The van der Waals surface area contributed by atoms with E-state index in [1.54, 1.807) is 7.11 Å². The number of halogens is 1. The highest BCUT2D eigenvalue weighted by Gasteiger charge is 2.14. The highest BCUT2D eigenvalue weighted by Crippen LogP contribution is 2.31. The smallest absolute Gasteiger partial charge is 0.321 e. The van der Waals surface area contributed by atoms with Crippen LogP contribution in [0.2, 0.25) is 0 Å². The SMILES string of the molecule is COc1cc(CCC(Cl)C(=O)O)ccc1-c1ccccc1. The van der Waals surface area contributed by atoms with Crippen LogP contribution in [0.4, 0.5) is 0 Å². The normalized spacial score (nSPS) is 11.9. The highest BCUT2D eigenvalue weighted by atomic mass is 35.5. The number of aliphatic carboxylic acids is 1. The number of aryl methyl sites for hydroxylation is 1. The van der Waals surface area contributed by atoms with E-state index in [0.29, 0.717) is 12.8 Å². The fourth-order valence-electron chi connectivity index (χ4n) is 2.16. The molecule has 2 aromatic carbocycles. The van der Waals surface area contributed by atoms with Gasteiger partial charge in [0.1, 0.15) is 11.1 Å². The predicted molar refractivity (Wildman–Crippen MR) is 84.0 cm³/mol. The first-order valence-electron chi connectivity index (χ1n) is 6.71. The molecule has 2 aromatic rings. The number of hydrogen-bond acceptors (Lipinski definition) is 2. The summed E-state index contributed by atoms with van der Waals surface area (Å²) in [5.74, 6) is -0.204. The third-order valence-corrected chi connectivity index (χ3v) is 3.71. The molecular formula is C17H17ClO3. The molecule has 0 radical (unpaired) electrons. The molecule has 110 valence electrons. The summed E-state index contributed by atoms with van der Waals surface area (Å²) in [5, 5.41) is 7.94. The van der Waals surface area contributed by atoms with Gasteiger partial charge in [-0.2, -0.15) is 0 Å². The lowest BCUT2D eigenvalue weighted by Gasteiger charge is -2.11. The summed E-state index contributed by atoms with van der Waals surface area (Å²) in [6, 6.07) is 15.9. The molecule has 21 heavy (non-hydrogen) atoms. The van der Waals surface area contributed by atoms with Gasteiger partial charge in [0.15, 0.2) is 0 Å². The van der Waals surface area contributed by atoms with Gasteiger partial charge in [0, 0.05) is 5.56 Å². The Hall–Kier alpha value is -2.00. The van der Waals surface area contributed by atoms with Gasteiger partial charge in [-0.3, -0.25) is 4.79 Å². The molecule has 2 rings (SSSR count). The topological polar surface area (TPSA) is 46.5 Å². The summed E-state index contributed by atoms with van der Waals surface area (Å²) in [6.07, 6.45) is 0.997. The number of rotatable bonds is 6. The maximum absolute atomic E-state index is 10.7. The Labute approximate surface area is 129 Å². The van der Waals surface area contributed by atoms with Crippen molar-refractivity contribution < 1.29 is 14.6 Å². The number of carboxylic acid groups (broad SMARTS) is 1. The van der Waals surface area contributed by atoms with E-state index in [2.05, 4.69) is 0 Å². The van der Waals surface area contributed by atoms with E-state index >= 15 is 0 Å². The maximum Gasteiger partial charge on any atom is 0.321 e. The molecular weight excluding hydrogens is 288 g/mol. The van der Waals surface area contributed by atoms with Gasteiger partial charge in [0.05, 0.1) is 7.11 Å². The zero-order valence-electron chi connectivity index (χ0n) is 11.8. The van der Waals surface area contributed by atoms with Crippen LogP contribution in [0.5, 0.6) is 5.75 Å². The van der Waals surface area contributed by atoms with Crippen molar-refractivity contribution >= 4 is 17.6 Å². The zero-order chi connectivity index (χ0) is 15.2. The van der Waals surface area contributed by atoms with Crippen molar-refractivity contribution in [1.82, 2.24) is 0 Å². The number of carbonyl (C=O) groups is 1. The van der Waals surface area contributed by atoms with E-state index < -0.39 is 11.3 Å². The van der Waals surface area contributed by atoms with Crippen molar-refractivity contribution in [2.24, 2.45) is 0 Å². The van der Waals surface area contributed by atoms with Crippen LogP contribution in [-0.4, -0.2) is 23.6 Å². The van der Waals surface area contributed by atoms with Gasteiger partial charge in [-0.1, -0.05) is 42.5 Å². The quantitative estimate of drug-likeness (QED) is 0.821. The first kappa shape index (κ1) is 15.4. The van der Waals surface area contributed by atoms with Crippen LogP contribution in [0.1, 0.15) is 12.0 Å². The molecule has 0 saturated carbocycles. The standard InChI is InChI=1S/C17H17ClO3/c1-21-16-11-12(8-10-15(18)17(19)20)7-9-14(16)13-5-3-2-4-6-13/h2-7,9,11,15H,8,10H2,1H3,(H,19,20). The van der Waals surface area contributed by atoms with Crippen LogP contribution in [-0.2, 0) is 11.2 Å². The van der Waals surface area contributed by atoms with Crippen molar-refractivity contribution in [1.29, 1.82) is 0 Å². The summed E-state index contributed by atoms with van der Waals surface area (Å²) in [4.78, 5) is 10.7. The lowest BCUT2D eigenvalue weighted by atomic mass is 10.0. The Balaban J connectivity index is 2.19. The van der Waals surface area contributed by atoms with Crippen molar-refractivity contribution in [3.8, 4) is 16.9 Å². The first-order chi connectivity index (χ1) is 10.1. The van der Waals surface area contributed by atoms with Crippen LogP contribution in [0.3, 0.4) is 0 Å². The molecule has 0 spiro atoms. The summed E-state index contributed by atoms with van der Waals surface area (Å²) < 4.78 is 5.45. The van der Waals surface area contributed by atoms with Crippen LogP contribution in [0, 0.1) is 0 Å². The van der Waals surface area contributed by atoms with Gasteiger partial charge >= 0.3 is 5.97 Å². The highest BCUT2D eigenvalue weighted by molar-refractivity contribution is 6.29. The van der Waals surface area contributed by atoms with E-state index in [1.807, 2.05) is 48.5 Å². The minimum Gasteiger partial charge on any atom is -0.496 e. The first-order valence-corrected chi connectivity index (χ1v) is 7.14. The minimum atomic E-state index is -0.982. The van der Waals surface area contributed by atoms with Gasteiger partial charge in [-0.25, -0.2) is 0 Å². The minimum absolute atomic E-state index is 0.394. The van der Waals surface area contributed by atoms with Crippen LogP contribution < -0.4 is 4.74 Å². The van der Waals surface area contributed by atoms with Crippen LogP contribution in [0.15, 0.2) is 48.5 Å². The molecule has 0 aliphatic carbocycles. The molecule has 0 fully saturated rings. The molecule has 0 aromatic heterocycles. The molecule has 0 aliphatic rings. The van der Waals surface area contributed by atoms with Crippen molar-refractivity contribution in [3.63, 3.8) is 0 Å². The van der Waals surface area contributed by atoms with Crippen molar-refractivity contribution in [2.75, 3.05) is 7.11 Å². The molecule has 0 aliphatic heterocycles. The van der Waals surface area contributed by atoms with Crippen molar-refractivity contribution in [3.05, 3.63) is 54.1 Å². The number of alkyl halides is 1. The third kappa shape index (κ3) is 3.99. The molecule has 0 amide bonds. The largest absolute Gasteiger partial charge is 0.496 e. The monoisotopic (exact) mass is 304 g/mol. The van der Waals surface area contributed by atoms with E-state index in [9.17, 15) is 4.79 Å². The Kier molecular flexibility index (Phi) is 5.23. The van der Waals surface area contributed by atoms with Crippen LogP contribution in [0.25, 0.3) is 11.1 Å². The van der Waals surface area contributed by atoms with Gasteiger partial charge in [-0.05, 0) is 30.0 Å². The number of benzene rings is 2. The zero-order valence-corrected chi connectivity index (χ0v) is 12.5. The van der Waals surface area contributed by atoms with E-state index in [1.165, 1.54) is 0 Å². The summed E-state index contributed by atoms with van der Waals surface area (Å²) in [6.45, 7) is 0. The van der Waals surface area contributed by atoms with Gasteiger partial charge in [0.2, 0.25) is 0 Å². The number of hydrogen-bond donors (Lipinski definition) is 1. The molecule has 0 saturated heterocycles.